The maximum Gasteiger partial charge on any atom is 0.323 e. The Bertz CT molecular complexity index is 471. The Balaban J connectivity index is 2.49. The van der Waals surface area contributed by atoms with Crippen LogP contribution in [0.25, 0.3) is 0 Å². The van der Waals surface area contributed by atoms with E-state index in [1.807, 2.05) is 20.8 Å². The van der Waals surface area contributed by atoms with Gasteiger partial charge in [0, 0.05) is 11.7 Å². The molecule has 21 heavy (non-hydrogen) atoms. The van der Waals surface area contributed by atoms with Gasteiger partial charge in [-0.05, 0) is 70.9 Å². The summed E-state index contributed by atoms with van der Waals surface area (Å²) in [5.74, 6) is 0.0872. The first kappa shape index (κ1) is 18.0. The zero-order valence-electron chi connectivity index (χ0n) is 13.6. The quantitative estimate of drug-likeness (QED) is 0.569. The summed E-state index contributed by atoms with van der Waals surface area (Å²) in [4.78, 5) is 15.9. The van der Waals surface area contributed by atoms with Crippen LogP contribution in [0.15, 0.2) is 17.2 Å². The second-order valence-electron chi connectivity index (χ2n) is 6.01. The van der Waals surface area contributed by atoms with E-state index in [4.69, 9.17) is 0 Å². The number of hydrogen-bond acceptors (Lipinski definition) is 4. The lowest BCUT2D eigenvalue weighted by Gasteiger charge is -2.28. The van der Waals surface area contributed by atoms with Crippen molar-refractivity contribution in [2.24, 2.45) is 0 Å². The number of thioether (sulfide) groups is 1. The SMILES string of the molecule is Cc1cc(C)nc(SCCCC(C)(NC(C)C)C(=O)O)c1. The number of nitrogens with one attached hydrogen (secondary N) is 1. The highest BCUT2D eigenvalue weighted by atomic mass is 32.2. The third kappa shape index (κ3) is 6.06. The molecule has 0 aromatic carbocycles. The first-order valence-electron chi connectivity index (χ1n) is 7.32. The molecule has 0 spiro atoms. The van der Waals surface area contributed by atoms with Crippen molar-refractivity contribution in [1.29, 1.82) is 0 Å². The molecule has 1 aromatic rings. The molecule has 0 saturated carbocycles. The molecule has 1 atom stereocenters. The van der Waals surface area contributed by atoms with Gasteiger partial charge in [-0.3, -0.25) is 10.1 Å². The largest absolute Gasteiger partial charge is 0.480 e. The lowest BCUT2D eigenvalue weighted by atomic mass is 9.95. The third-order valence-electron chi connectivity index (χ3n) is 3.22. The lowest BCUT2D eigenvalue weighted by molar-refractivity contribution is -0.144. The van der Waals surface area contributed by atoms with Gasteiger partial charge in [-0.2, -0.15) is 0 Å². The molecule has 1 aromatic heterocycles. The van der Waals surface area contributed by atoms with Crippen LogP contribution < -0.4 is 5.32 Å². The van der Waals surface area contributed by atoms with Crippen LogP contribution in [0.5, 0.6) is 0 Å². The molecule has 5 heteroatoms. The average molecular weight is 310 g/mol. The highest BCUT2D eigenvalue weighted by Gasteiger charge is 2.32. The Kier molecular flexibility index (Phi) is 6.68. The van der Waals surface area contributed by atoms with E-state index in [-0.39, 0.29) is 6.04 Å². The minimum Gasteiger partial charge on any atom is -0.480 e. The second-order valence-corrected chi connectivity index (χ2v) is 7.13. The van der Waals surface area contributed by atoms with Crippen LogP contribution in [0, 0.1) is 13.8 Å². The maximum atomic E-state index is 11.4. The van der Waals surface area contributed by atoms with Gasteiger partial charge in [-0.25, -0.2) is 4.98 Å². The van der Waals surface area contributed by atoms with Gasteiger partial charge in [0.25, 0.3) is 0 Å². The van der Waals surface area contributed by atoms with Crippen LogP contribution in [0.2, 0.25) is 0 Å². The fourth-order valence-corrected chi connectivity index (χ4v) is 3.33. The van der Waals surface area contributed by atoms with Crippen molar-refractivity contribution in [3.05, 3.63) is 23.4 Å². The molecule has 118 valence electrons. The van der Waals surface area contributed by atoms with Crippen LogP contribution in [-0.4, -0.2) is 33.4 Å². The number of carboxylic acid groups (broad SMARTS) is 1. The molecule has 1 rings (SSSR count). The summed E-state index contributed by atoms with van der Waals surface area (Å²) < 4.78 is 0. The highest BCUT2D eigenvalue weighted by molar-refractivity contribution is 7.99. The Morgan fingerprint density at radius 1 is 1.43 bits per heavy atom. The molecule has 4 nitrogen and oxygen atoms in total. The molecule has 0 aliphatic rings. The van der Waals surface area contributed by atoms with Gasteiger partial charge in [0.2, 0.25) is 0 Å². The molecule has 0 saturated heterocycles. The van der Waals surface area contributed by atoms with Gasteiger partial charge in [0.1, 0.15) is 5.54 Å². The molecule has 0 bridgehead atoms. The standard InChI is InChI=1S/C16H26N2O2S/c1-11(2)18-16(5,15(19)20)7-6-8-21-14-10-12(3)9-13(4)17-14/h9-11,18H,6-8H2,1-5H3,(H,19,20). The summed E-state index contributed by atoms with van der Waals surface area (Å²) in [6.07, 6.45) is 1.44. The number of aryl methyl sites for hydroxylation is 2. The summed E-state index contributed by atoms with van der Waals surface area (Å²) >= 11 is 1.69. The van der Waals surface area contributed by atoms with Crippen molar-refractivity contribution in [3.63, 3.8) is 0 Å². The van der Waals surface area contributed by atoms with E-state index >= 15 is 0 Å². The molecule has 0 fully saturated rings. The predicted octanol–water partition coefficient (Wildman–Crippen LogP) is 3.41. The Morgan fingerprint density at radius 3 is 2.62 bits per heavy atom. The number of carbonyl (C=O) groups is 1. The Morgan fingerprint density at radius 2 is 2.10 bits per heavy atom. The number of hydrogen-bond donors (Lipinski definition) is 2. The highest BCUT2D eigenvalue weighted by Crippen LogP contribution is 2.22. The molecule has 1 heterocycles. The fraction of sp³-hybridized carbons (Fsp3) is 0.625. The van der Waals surface area contributed by atoms with Crippen LogP contribution in [0.3, 0.4) is 0 Å². The summed E-state index contributed by atoms with van der Waals surface area (Å²) in [5.41, 5.74) is 1.38. The summed E-state index contributed by atoms with van der Waals surface area (Å²) in [6.45, 7) is 9.75. The van der Waals surface area contributed by atoms with E-state index in [0.717, 1.165) is 22.9 Å². The normalized spacial score (nSPS) is 14.2. The predicted molar refractivity (Wildman–Crippen MR) is 88.0 cm³/mol. The van der Waals surface area contributed by atoms with Crippen molar-refractivity contribution >= 4 is 17.7 Å². The van der Waals surface area contributed by atoms with E-state index in [1.54, 1.807) is 18.7 Å². The number of nitrogens with zero attached hydrogens (tertiary/aromatic N) is 1. The third-order valence-corrected chi connectivity index (χ3v) is 4.22. The van der Waals surface area contributed by atoms with E-state index in [0.29, 0.717) is 6.42 Å². The van der Waals surface area contributed by atoms with Crippen molar-refractivity contribution < 1.29 is 9.90 Å². The van der Waals surface area contributed by atoms with Gasteiger partial charge in [-0.15, -0.1) is 11.8 Å². The molecule has 0 aliphatic heterocycles. The monoisotopic (exact) mass is 310 g/mol. The van der Waals surface area contributed by atoms with Crippen molar-refractivity contribution in [2.75, 3.05) is 5.75 Å². The number of rotatable bonds is 8. The molecular weight excluding hydrogens is 284 g/mol. The summed E-state index contributed by atoms with van der Waals surface area (Å²) in [7, 11) is 0. The maximum absolute atomic E-state index is 11.4. The minimum absolute atomic E-state index is 0.153. The Hall–Kier alpha value is -1.07. The molecule has 2 N–H and O–H groups in total. The van der Waals surface area contributed by atoms with Crippen molar-refractivity contribution in [1.82, 2.24) is 10.3 Å². The molecule has 0 aliphatic carbocycles. The fourth-order valence-electron chi connectivity index (χ4n) is 2.36. The smallest absolute Gasteiger partial charge is 0.323 e. The second kappa shape index (κ2) is 7.80. The summed E-state index contributed by atoms with van der Waals surface area (Å²) in [6, 6.07) is 4.28. The number of pyridine rings is 1. The molecule has 1 unspecified atom stereocenters. The lowest BCUT2D eigenvalue weighted by Crippen LogP contribution is -2.52. The Labute approximate surface area is 131 Å². The van der Waals surface area contributed by atoms with Gasteiger partial charge >= 0.3 is 5.97 Å². The number of carboxylic acids is 1. The van der Waals surface area contributed by atoms with Gasteiger partial charge < -0.3 is 5.11 Å². The van der Waals surface area contributed by atoms with E-state index in [2.05, 4.69) is 29.4 Å². The van der Waals surface area contributed by atoms with Gasteiger partial charge in [0.05, 0.1) is 5.03 Å². The van der Waals surface area contributed by atoms with Crippen LogP contribution in [0.4, 0.5) is 0 Å². The van der Waals surface area contributed by atoms with Crippen LogP contribution >= 0.6 is 11.8 Å². The molecule has 0 amide bonds. The van der Waals surface area contributed by atoms with Crippen LogP contribution in [0.1, 0.15) is 44.9 Å². The van der Waals surface area contributed by atoms with E-state index < -0.39 is 11.5 Å². The number of aromatic nitrogens is 1. The van der Waals surface area contributed by atoms with Crippen molar-refractivity contribution in [2.45, 2.75) is 64.1 Å². The molecular formula is C16H26N2O2S. The molecule has 0 radical (unpaired) electrons. The van der Waals surface area contributed by atoms with Gasteiger partial charge in [0.15, 0.2) is 0 Å². The van der Waals surface area contributed by atoms with E-state index in [1.165, 1.54) is 5.56 Å². The van der Waals surface area contributed by atoms with Gasteiger partial charge in [-0.1, -0.05) is 0 Å². The first-order chi connectivity index (χ1) is 9.73. The first-order valence-corrected chi connectivity index (χ1v) is 8.30. The zero-order chi connectivity index (χ0) is 16.0. The van der Waals surface area contributed by atoms with Crippen LogP contribution in [-0.2, 0) is 4.79 Å². The number of aliphatic carboxylic acids is 1. The minimum atomic E-state index is -0.856. The van der Waals surface area contributed by atoms with Crippen molar-refractivity contribution in [3.8, 4) is 0 Å². The summed E-state index contributed by atoms with van der Waals surface area (Å²) in [5, 5.41) is 13.6. The average Bonchev–Trinajstić information content (AvgIpc) is 2.32. The van der Waals surface area contributed by atoms with E-state index in [9.17, 15) is 9.90 Å². The topological polar surface area (TPSA) is 62.2 Å². The zero-order valence-corrected chi connectivity index (χ0v) is 14.4.